The number of aromatic nitrogens is 2. The Labute approximate surface area is 127 Å². The second-order valence-electron chi connectivity index (χ2n) is 5.05. The van der Waals surface area contributed by atoms with E-state index in [0.717, 1.165) is 25.9 Å². The van der Waals surface area contributed by atoms with E-state index in [1.807, 2.05) is 0 Å². The summed E-state index contributed by atoms with van der Waals surface area (Å²) in [4.78, 5) is 23.2. The van der Waals surface area contributed by atoms with Crippen LogP contribution in [0.5, 0.6) is 0 Å². The highest BCUT2D eigenvalue weighted by atomic mass is 32.2. The summed E-state index contributed by atoms with van der Waals surface area (Å²) < 4.78 is 1.52. The minimum Gasteiger partial charge on any atom is -0.479 e. The lowest BCUT2D eigenvalue weighted by atomic mass is 10.1. The first-order valence-corrected chi connectivity index (χ1v) is 7.94. The number of carbonyl (C=O) groups excluding carboxylic acids is 1. The average Bonchev–Trinajstić information content (AvgIpc) is 2.89. The van der Waals surface area contributed by atoms with Crippen LogP contribution in [0.15, 0.2) is 12.4 Å². The number of thioether (sulfide) groups is 1. The molecule has 116 valence electrons. The Morgan fingerprint density at radius 3 is 2.86 bits per heavy atom. The predicted octanol–water partition coefficient (Wildman–Crippen LogP) is 0.147. The van der Waals surface area contributed by atoms with Gasteiger partial charge in [0.05, 0.1) is 11.9 Å². The number of aliphatic carboxylic acids is 1. The molecule has 2 heterocycles. The molecule has 3 N–H and O–H groups in total. The molecule has 1 atom stereocenters. The Morgan fingerprint density at radius 1 is 1.57 bits per heavy atom. The topological polar surface area (TPSA) is 96.2 Å². The first-order valence-electron chi connectivity index (χ1n) is 6.89. The van der Waals surface area contributed by atoms with Crippen molar-refractivity contribution in [1.82, 2.24) is 20.4 Å². The number of amides is 1. The molecule has 0 bridgehead atoms. The molecule has 0 radical (unpaired) electrons. The third-order valence-electron chi connectivity index (χ3n) is 3.35. The molecule has 8 heteroatoms. The van der Waals surface area contributed by atoms with Crippen molar-refractivity contribution in [3.63, 3.8) is 0 Å². The molecule has 21 heavy (non-hydrogen) atoms. The van der Waals surface area contributed by atoms with E-state index in [-0.39, 0.29) is 11.7 Å². The molecule has 0 aliphatic carbocycles. The third-order valence-corrected chi connectivity index (χ3v) is 4.72. The highest BCUT2D eigenvalue weighted by Crippen LogP contribution is 2.20. The Bertz CT molecular complexity index is 499. The molecule has 1 aromatic heterocycles. The Balaban J connectivity index is 1.85. The smallest absolute Gasteiger partial charge is 0.331 e. The number of carboxylic acids is 1. The standard InChI is InChI=1S/C13H20N4O3S/c1-17-7-9(6-15-17)12(13(19)20)16-11(18)8-21-10-2-4-14-5-3-10/h6-7,10,12,14H,2-5,8H2,1H3,(H,16,18)(H,19,20). The average molecular weight is 312 g/mol. The highest BCUT2D eigenvalue weighted by molar-refractivity contribution is 8.00. The summed E-state index contributed by atoms with van der Waals surface area (Å²) in [5.41, 5.74) is 0.477. The number of carbonyl (C=O) groups is 2. The summed E-state index contributed by atoms with van der Waals surface area (Å²) in [5, 5.41) is 19.5. The van der Waals surface area contributed by atoms with Crippen molar-refractivity contribution < 1.29 is 14.7 Å². The van der Waals surface area contributed by atoms with Crippen molar-refractivity contribution in [2.24, 2.45) is 7.05 Å². The van der Waals surface area contributed by atoms with Gasteiger partial charge >= 0.3 is 5.97 Å². The maximum absolute atomic E-state index is 11.9. The number of nitrogens with zero attached hydrogens (tertiary/aromatic N) is 2. The second kappa shape index (κ2) is 7.46. The van der Waals surface area contributed by atoms with Crippen LogP contribution in [-0.2, 0) is 16.6 Å². The summed E-state index contributed by atoms with van der Waals surface area (Å²) in [6.07, 6.45) is 5.14. The molecule has 1 aromatic rings. The molecule has 1 aliphatic heterocycles. The molecular formula is C13H20N4O3S. The number of carboxylic acid groups (broad SMARTS) is 1. The Kier molecular flexibility index (Phi) is 5.63. The summed E-state index contributed by atoms with van der Waals surface area (Å²) >= 11 is 1.59. The van der Waals surface area contributed by atoms with Gasteiger partial charge in [-0.1, -0.05) is 0 Å². The largest absolute Gasteiger partial charge is 0.479 e. The molecule has 0 saturated carbocycles. The Hall–Kier alpha value is -1.54. The van der Waals surface area contributed by atoms with Crippen molar-refractivity contribution in [3.05, 3.63) is 18.0 Å². The monoisotopic (exact) mass is 312 g/mol. The van der Waals surface area contributed by atoms with Crippen LogP contribution in [-0.4, -0.2) is 50.9 Å². The van der Waals surface area contributed by atoms with Crippen LogP contribution in [0.1, 0.15) is 24.4 Å². The molecule has 0 aromatic carbocycles. The van der Waals surface area contributed by atoms with E-state index >= 15 is 0 Å². The van der Waals surface area contributed by atoms with Gasteiger partial charge in [0.15, 0.2) is 6.04 Å². The van der Waals surface area contributed by atoms with E-state index in [1.54, 1.807) is 25.0 Å². The van der Waals surface area contributed by atoms with Gasteiger partial charge in [0.2, 0.25) is 5.91 Å². The van der Waals surface area contributed by atoms with Crippen molar-refractivity contribution in [2.75, 3.05) is 18.8 Å². The lowest BCUT2D eigenvalue weighted by Gasteiger charge is -2.22. The van der Waals surface area contributed by atoms with Crippen molar-refractivity contribution >= 4 is 23.6 Å². The van der Waals surface area contributed by atoms with Crippen LogP contribution in [0.4, 0.5) is 0 Å². The van der Waals surface area contributed by atoms with Crippen LogP contribution in [0.3, 0.4) is 0 Å². The molecule has 7 nitrogen and oxygen atoms in total. The molecule has 1 amide bonds. The number of nitrogens with one attached hydrogen (secondary N) is 2. The number of rotatable bonds is 6. The lowest BCUT2D eigenvalue weighted by Crippen LogP contribution is -2.36. The van der Waals surface area contributed by atoms with Gasteiger partial charge in [0.1, 0.15) is 0 Å². The van der Waals surface area contributed by atoms with Crippen LogP contribution in [0, 0.1) is 0 Å². The normalized spacial score (nSPS) is 17.4. The maximum Gasteiger partial charge on any atom is 0.331 e. The number of hydrogen-bond donors (Lipinski definition) is 3. The van der Waals surface area contributed by atoms with Crippen molar-refractivity contribution in [3.8, 4) is 0 Å². The molecule has 1 aliphatic rings. The van der Waals surface area contributed by atoms with Crippen molar-refractivity contribution in [1.29, 1.82) is 0 Å². The molecule has 1 saturated heterocycles. The summed E-state index contributed by atoms with van der Waals surface area (Å²) in [5.74, 6) is -1.05. The zero-order chi connectivity index (χ0) is 15.2. The minimum atomic E-state index is -1.08. The molecule has 0 spiro atoms. The number of aryl methyl sites for hydroxylation is 1. The molecule has 1 unspecified atom stereocenters. The van der Waals surface area contributed by atoms with Gasteiger partial charge < -0.3 is 15.7 Å². The van der Waals surface area contributed by atoms with Crippen LogP contribution in [0.25, 0.3) is 0 Å². The van der Waals surface area contributed by atoms with Gasteiger partial charge in [-0.15, -0.1) is 11.8 Å². The summed E-state index contributed by atoms with van der Waals surface area (Å²) in [7, 11) is 1.71. The Morgan fingerprint density at radius 2 is 2.29 bits per heavy atom. The minimum absolute atomic E-state index is 0.255. The number of hydrogen-bond acceptors (Lipinski definition) is 5. The first-order chi connectivity index (χ1) is 10.1. The lowest BCUT2D eigenvalue weighted by molar-refractivity contribution is -0.141. The van der Waals surface area contributed by atoms with E-state index < -0.39 is 12.0 Å². The maximum atomic E-state index is 11.9. The summed E-state index contributed by atoms with van der Waals surface area (Å²) in [6.45, 7) is 1.96. The quantitative estimate of drug-likeness (QED) is 0.692. The van der Waals surface area contributed by atoms with Gasteiger partial charge in [-0.2, -0.15) is 5.10 Å². The fraction of sp³-hybridized carbons (Fsp3) is 0.615. The fourth-order valence-electron chi connectivity index (χ4n) is 2.24. The fourth-order valence-corrected chi connectivity index (χ4v) is 3.27. The first kappa shape index (κ1) is 15.8. The zero-order valence-electron chi connectivity index (χ0n) is 11.9. The van der Waals surface area contributed by atoms with E-state index in [1.165, 1.54) is 10.9 Å². The van der Waals surface area contributed by atoms with E-state index in [2.05, 4.69) is 15.7 Å². The third kappa shape index (κ3) is 4.75. The van der Waals surface area contributed by atoms with Gasteiger partial charge in [-0.25, -0.2) is 4.79 Å². The van der Waals surface area contributed by atoms with Gasteiger partial charge in [-0.3, -0.25) is 9.48 Å². The molecular weight excluding hydrogens is 292 g/mol. The van der Waals surface area contributed by atoms with E-state index in [4.69, 9.17) is 0 Å². The summed E-state index contributed by atoms with van der Waals surface area (Å²) in [6, 6.07) is -1.04. The highest BCUT2D eigenvalue weighted by Gasteiger charge is 2.24. The molecule has 1 fully saturated rings. The zero-order valence-corrected chi connectivity index (χ0v) is 12.7. The van der Waals surface area contributed by atoms with Gasteiger partial charge in [0.25, 0.3) is 0 Å². The predicted molar refractivity (Wildman–Crippen MR) is 80.1 cm³/mol. The SMILES string of the molecule is Cn1cc(C(NC(=O)CSC2CCNCC2)C(=O)O)cn1. The molecule has 2 rings (SSSR count). The number of piperidine rings is 1. The van der Waals surface area contributed by atoms with Crippen LogP contribution >= 0.6 is 11.8 Å². The van der Waals surface area contributed by atoms with Crippen LogP contribution in [0.2, 0.25) is 0 Å². The van der Waals surface area contributed by atoms with Gasteiger partial charge in [-0.05, 0) is 25.9 Å². The van der Waals surface area contributed by atoms with E-state index in [0.29, 0.717) is 10.8 Å². The second-order valence-corrected chi connectivity index (χ2v) is 6.34. The van der Waals surface area contributed by atoms with E-state index in [9.17, 15) is 14.7 Å². The van der Waals surface area contributed by atoms with Crippen molar-refractivity contribution in [2.45, 2.75) is 24.1 Å². The van der Waals surface area contributed by atoms with Crippen LogP contribution < -0.4 is 10.6 Å². The van der Waals surface area contributed by atoms with Gasteiger partial charge in [0, 0.05) is 24.1 Å².